The van der Waals surface area contributed by atoms with Gasteiger partial charge in [0, 0.05) is 37.8 Å². The smallest absolute Gasteiger partial charge is 0.0277 e. The molecule has 0 saturated carbocycles. The predicted molar refractivity (Wildman–Crippen MR) is 66.3 cm³/mol. The highest BCUT2D eigenvalue weighted by molar-refractivity contribution is 4.89. The largest absolute Gasteiger partial charge is 0.313 e. The summed E-state index contributed by atoms with van der Waals surface area (Å²) >= 11 is 0. The fourth-order valence-electron chi connectivity index (χ4n) is 2.30. The third kappa shape index (κ3) is 3.74. The molecule has 0 aromatic rings. The van der Waals surface area contributed by atoms with Gasteiger partial charge in [0.15, 0.2) is 0 Å². The maximum atomic E-state index is 3.48. The van der Waals surface area contributed by atoms with Crippen LogP contribution in [0.2, 0.25) is 0 Å². The number of hydrogen-bond donors (Lipinski definition) is 1. The number of nitrogens with one attached hydrogen (secondary N) is 1. The molecule has 15 heavy (non-hydrogen) atoms. The Hall–Kier alpha value is -0.120. The standard InChI is InChI=1S/C12H27N3/c1-6-13-11(2)9-15-8-7-14(5)12(3,4)10-15/h11,13H,6-10H2,1-5H3. The van der Waals surface area contributed by atoms with Crippen molar-refractivity contribution in [2.45, 2.75) is 39.3 Å². The molecule has 1 unspecified atom stereocenters. The van der Waals surface area contributed by atoms with E-state index in [1.54, 1.807) is 0 Å². The average molecular weight is 213 g/mol. The van der Waals surface area contributed by atoms with E-state index >= 15 is 0 Å². The Morgan fingerprint density at radius 2 is 2.00 bits per heavy atom. The van der Waals surface area contributed by atoms with Crippen LogP contribution in [0.5, 0.6) is 0 Å². The highest BCUT2D eigenvalue weighted by Gasteiger charge is 2.31. The topological polar surface area (TPSA) is 18.5 Å². The lowest BCUT2D eigenvalue weighted by Gasteiger charge is -2.46. The molecule has 0 spiro atoms. The van der Waals surface area contributed by atoms with E-state index in [-0.39, 0.29) is 0 Å². The fraction of sp³-hybridized carbons (Fsp3) is 1.00. The summed E-state index contributed by atoms with van der Waals surface area (Å²) in [7, 11) is 2.23. The van der Waals surface area contributed by atoms with Crippen molar-refractivity contribution in [3.05, 3.63) is 0 Å². The normalized spacial score (nSPS) is 25.4. The third-order valence-electron chi connectivity index (χ3n) is 3.48. The Morgan fingerprint density at radius 3 is 2.53 bits per heavy atom. The molecule has 0 aromatic heterocycles. The summed E-state index contributed by atoms with van der Waals surface area (Å²) in [5, 5.41) is 3.48. The highest BCUT2D eigenvalue weighted by atomic mass is 15.3. The van der Waals surface area contributed by atoms with E-state index in [2.05, 4.69) is 49.9 Å². The Bertz CT molecular complexity index is 191. The van der Waals surface area contributed by atoms with Gasteiger partial charge in [-0.3, -0.25) is 9.80 Å². The fourth-order valence-corrected chi connectivity index (χ4v) is 2.30. The van der Waals surface area contributed by atoms with Gasteiger partial charge in [-0.2, -0.15) is 0 Å². The van der Waals surface area contributed by atoms with E-state index in [4.69, 9.17) is 0 Å². The van der Waals surface area contributed by atoms with Gasteiger partial charge < -0.3 is 5.32 Å². The summed E-state index contributed by atoms with van der Waals surface area (Å²) < 4.78 is 0. The van der Waals surface area contributed by atoms with Crippen molar-refractivity contribution in [2.24, 2.45) is 0 Å². The van der Waals surface area contributed by atoms with E-state index in [1.165, 1.54) is 26.2 Å². The van der Waals surface area contributed by atoms with Gasteiger partial charge in [0.05, 0.1) is 0 Å². The van der Waals surface area contributed by atoms with E-state index in [0.29, 0.717) is 11.6 Å². The van der Waals surface area contributed by atoms with Crippen molar-refractivity contribution in [2.75, 3.05) is 39.8 Å². The first kappa shape index (κ1) is 12.9. The first-order valence-corrected chi connectivity index (χ1v) is 6.12. The minimum absolute atomic E-state index is 0.324. The lowest BCUT2D eigenvalue weighted by Crippen LogP contribution is -2.59. The number of likely N-dealkylation sites (N-methyl/N-ethyl adjacent to an activating group) is 2. The van der Waals surface area contributed by atoms with Gasteiger partial charge in [-0.05, 0) is 34.4 Å². The molecule has 1 saturated heterocycles. The van der Waals surface area contributed by atoms with Gasteiger partial charge in [0.2, 0.25) is 0 Å². The van der Waals surface area contributed by atoms with Crippen LogP contribution in [0.1, 0.15) is 27.7 Å². The molecule has 1 aliphatic rings. The van der Waals surface area contributed by atoms with Crippen molar-refractivity contribution in [1.29, 1.82) is 0 Å². The number of piperazine rings is 1. The number of hydrogen-bond acceptors (Lipinski definition) is 3. The van der Waals surface area contributed by atoms with Crippen molar-refractivity contribution in [3.63, 3.8) is 0 Å². The van der Waals surface area contributed by atoms with Gasteiger partial charge in [0.1, 0.15) is 0 Å². The summed E-state index contributed by atoms with van der Waals surface area (Å²) in [6.45, 7) is 14.9. The molecule has 0 bridgehead atoms. The molecule has 1 N–H and O–H groups in total. The summed E-state index contributed by atoms with van der Waals surface area (Å²) in [5.74, 6) is 0. The third-order valence-corrected chi connectivity index (χ3v) is 3.48. The molecule has 90 valence electrons. The SMILES string of the molecule is CCNC(C)CN1CCN(C)C(C)(C)C1. The molecule has 0 amide bonds. The number of rotatable bonds is 4. The van der Waals surface area contributed by atoms with Crippen LogP contribution in [0.15, 0.2) is 0 Å². The summed E-state index contributed by atoms with van der Waals surface area (Å²) in [6.07, 6.45) is 0. The van der Waals surface area contributed by atoms with Crippen molar-refractivity contribution < 1.29 is 0 Å². The minimum atomic E-state index is 0.324. The van der Waals surface area contributed by atoms with Gasteiger partial charge >= 0.3 is 0 Å². The van der Waals surface area contributed by atoms with E-state index in [1.807, 2.05) is 0 Å². The van der Waals surface area contributed by atoms with E-state index in [9.17, 15) is 0 Å². The molecule has 1 fully saturated rings. The zero-order chi connectivity index (χ0) is 11.5. The first-order chi connectivity index (χ1) is 6.95. The van der Waals surface area contributed by atoms with E-state index in [0.717, 1.165) is 6.54 Å². The van der Waals surface area contributed by atoms with Crippen LogP contribution in [-0.4, -0.2) is 61.2 Å². The second-order valence-corrected chi connectivity index (χ2v) is 5.43. The van der Waals surface area contributed by atoms with Gasteiger partial charge in [-0.1, -0.05) is 6.92 Å². The van der Waals surface area contributed by atoms with Crippen LogP contribution < -0.4 is 5.32 Å². The predicted octanol–water partition coefficient (Wildman–Crippen LogP) is 1.01. The summed E-state index contributed by atoms with van der Waals surface area (Å²) in [6, 6.07) is 0.606. The zero-order valence-electron chi connectivity index (χ0n) is 11.0. The molecule has 0 aliphatic carbocycles. The van der Waals surface area contributed by atoms with Crippen molar-refractivity contribution >= 4 is 0 Å². The Balaban J connectivity index is 2.38. The Kier molecular flexibility index (Phi) is 4.56. The maximum Gasteiger partial charge on any atom is 0.0277 e. The number of nitrogens with zero attached hydrogens (tertiary/aromatic N) is 2. The second kappa shape index (κ2) is 5.28. The monoisotopic (exact) mass is 213 g/mol. The Morgan fingerprint density at radius 1 is 1.33 bits per heavy atom. The lowest BCUT2D eigenvalue weighted by atomic mass is 9.99. The first-order valence-electron chi connectivity index (χ1n) is 6.12. The molecule has 1 heterocycles. The van der Waals surface area contributed by atoms with Crippen LogP contribution in [-0.2, 0) is 0 Å². The summed E-state index contributed by atoms with van der Waals surface area (Å²) in [4.78, 5) is 5.04. The molecule has 1 atom stereocenters. The Labute approximate surface area is 94.8 Å². The van der Waals surface area contributed by atoms with Gasteiger partial charge in [-0.15, -0.1) is 0 Å². The van der Waals surface area contributed by atoms with Gasteiger partial charge in [0.25, 0.3) is 0 Å². The van der Waals surface area contributed by atoms with E-state index < -0.39 is 0 Å². The van der Waals surface area contributed by atoms with Crippen LogP contribution in [0.3, 0.4) is 0 Å². The molecule has 3 heteroatoms. The molecule has 0 radical (unpaired) electrons. The van der Waals surface area contributed by atoms with Crippen molar-refractivity contribution in [3.8, 4) is 0 Å². The lowest BCUT2D eigenvalue weighted by molar-refractivity contribution is 0.0363. The van der Waals surface area contributed by atoms with Crippen LogP contribution in [0.4, 0.5) is 0 Å². The minimum Gasteiger partial charge on any atom is -0.313 e. The molecular weight excluding hydrogens is 186 g/mol. The molecule has 1 aliphatic heterocycles. The highest BCUT2D eigenvalue weighted by Crippen LogP contribution is 2.18. The van der Waals surface area contributed by atoms with Crippen LogP contribution >= 0.6 is 0 Å². The van der Waals surface area contributed by atoms with Crippen LogP contribution in [0, 0.1) is 0 Å². The second-order valence-electron chi connectivity index (χ2n) is 5.43. The molecule has 3 nitrogen and oxygen atoms in total. The molecule has 1 rings (SSSR count). The molecule has 0 aromatic carbocycles. The average Bonchev–Trinajstić information content (AvgIpc) is 2.11. The zero-order valence-corrected chi connectivity index (χ0v) is 11.0. The quantitative estimate of drug-likeness (QED) is 0.752. The maximum absolute atomic E-state index is 3.48. The van der Waals surface area contributed by atoms with Gasteiger partial charge in [-0.25, -0.2) is 0 Å². The molecular formula is C12H27N3. The summed E-state index contributed by atoms with van der Waals surface area (Å²) in [5.41, 5.74) is 0.324. The van der Waals surface area contributed by atoms with Crippen LogP contribution in [0.25, 0.3) is 0 Å². The van der Waals surface area contributed by atoms with Crippen molar-refractivity contribution in [1.82, 2.24) is 15.1 Å².